The molecule has 9 aromatic carbocycles. The maximum Gasteiger partial charge on any atom is 0.160 e. The summed E-state index contributed by atoms with van der Waals surface area (Å²) in [5.41, 5.74) is 14.2. The Labute approximate surface area is 346 Å². The number of fused-ring (bicyclic) bond motifs is 7. The largest absolute Gasteiger partial charge is 0.309 e. The van der Waals surface area contributed by atoms with Crippen molar-refractivity contribution in [1.29, 1.82) is 0 Å². The average Bonchev–Trinajstić information content (AvgIpc) is 3.83. The molecule has 0 fully saturated rings. The summed E-state index contributed by atoms with van der Waals surface area (Å²) >= 11 is 0. The Kier molecular flexibility index (Phi) is 7.82. The standard InChI is InChI=1S/C56H36N4/c1-3-15-39(16-4-1)50-35-51(58-56(57-50)41-28-26-38(27-29-41)45-23-13-17-37-14-7-8-20-44(37)45)40-30-32-43(33-31-40)60-53-25-12-10-22-47(53)49-34-48-46-21-9-11-24-52(46)59(54(48)36-55(49)60)42-18-5-2-6-19-42/h1-36H. The first-order valence-electron chi connectivity index (χ1n) is 20.4. The van der Waals surface area contributed by atoms with Crippen LogP contribution in [0.3, 0.4) is 0 Å². The lowest BCUT2D eigenvalue weighted by atomic mass is 9.97. The lowest BCUT2D eigenvalue weighted by Crippen LogP contribution is -1.97. The van der Waals surface area contributed by atoms with Crippen LogP contribution in [0.25, 0.3) is 111 Å². The Bertz CT molecular complexity index is 3560. The SMILES string of the molecule is c1ccc(-c2cc(-c3ccc(-n4c5ccccc5c5cc6c7ccccc7n(-c7ccccc7)c6cc54)cc3)nc(-c3ccc(-c4cccc5ccccc45)cc3)n2)cc1. The zero-order valence-electron chi connectivity index (χ0n) is 32.6. The Morgan fingerprint density at radius 2 is 0.767 bits per heavy atom. The minimum absolute atomic E-state index is 0.695. The van der Waals surface area contributed by atoms with Crippen LogP contribution in [0.4, 0.5) is 0 Å². The predicted molar refractivity (Wildman–Crippen MR) is 250 cm³/mol. The molecule has 4 nitrogen and oxygen atoms in total. The van der Waals surface area contributed by atoms with E-state index in [1.807, 2.05) is 6.07 Å². The highest BCUT2D eigenvalue weighted by molar-refractivity contribution is 6.19. The molecule has 0 spiro atoms. The van der Waals surface area contributed by atoms with Crippen molar-refractivity contribution in [3.63, 3.8) is 0 Å². The van der Waals surface area contributed by atoms with Gasteiger partial charge >= 0.3 is 0 Å². The molecule has 0 saturated heterocycles. The van der Waals surface area contributed by atoms with E-state index in [-0.39, 0.29) is 0 Å². The minimum atomic E-state index is 0.695. The van der Waals surface area contributed by atoms with Crippen LogP contribution >= 0.6 is 0 Å². The van der Waals surface area contributed by atoms with Crippen molar-refractivity contribution in [3.05, 3.63) is 218 Å². The molecule has 0 saturated carbocycles. The first-order valence-corrected chi connectivity index (χ1v) is 20.4. The Morgan fingerprint density at radius 1 is 0.283 bits per heavy atom. The maximum absolute atomic E-state index is 5.22. The molecule has 0 bridgehead atoms. The third-order valence-electron chi connectivity index (χ3n) is 11.9. The molecule has 0 unspecified atom stereocenters. The van der Waals surface area contributed by atoms with Crippen LogP contribution in [0.1, 0.15) is 0 Å². The van der Waals surface area contributed by atoms with Crippen molar-refractivity contribution >= 4 is 54.4 Å². The van der Waals surface area contributed by atoms with Crippen LogP contribution in [0.15, 0.2) is 218 Å². The van der Waals surface area contributed by atoms with Crippen molar-refractivity contribution in [2.45, 2.75) is 0 Å². The predicted octanol–water partition coefficient (Wildman–Crippen LogP) is 14.5. The first kappa shape index (κ1) is 34.0. The average molecular weight is 765 g/mol. The van der Waals surface area contributed by atoms with Crippen molar-refractivity contribution in [2.24, 2.45) is 0 Å². The number of aromatic nitrogens is 4. The fourth-order valence-electron chi connectivity index (χ4n) is 9.10. The smallest absolute Gasteiger partial charge is 0.160 e. The molecule has 60 heavy (non-hydrogen) atoms. The number of hydrogen-bond donors (Lipinski definition) is 0. The Morgan fingerprint density at radius 3 is 1.42 bits per heavy atom. The van der Waals surface area contributed by atoms with Crippen LogP contribution < -0.4 is 0 Å². The van der Waals surface area contributed by atoms with Gasteiger partial charge < -0.3 is 9.13 Å². The van der Waals surface area contributed by atoms with Gasteiger partial charge in [-0.1, -0.05) is 164 Å². The topological polar surface area (TPSA) is 35.6 Å². The highest BCUT2D eigenvalue weighted by Crippen LogP contribution is 2.40. The van der Waals surface area contributed by atoms with E-state index in [2.05, 4.69) is 221 Å². The summed E-state index contributed by atoms with van der Waals surface area (Å²) in [5, 5.41) is 7.43. The van der Waals surface area contributed by atoms with Gasteiger partial charge in [0.15, 0.2) is 5.82 Å². The fraction of sp³-hybridized carbons (Fsp3) is 0. The number of benzene rings is 9. The third-order valence-corrected chi connectivity index (χ3v) is 11.9. The van der Waals surface area contributed by atoms with Crippen molar-refractivity contribution < 1.29 is 0 Å². The van der Waals surface area contributed by atoms with Crippen LogP contribution in [-0.4, -0.2) is 19.1 Å². The second kappa shape index (κ2) is 13.8. The van der Waals surface area contributed by atoms with E-state index in [1.165, 1.54) is 59.9 Å². The lowest BCUT2D eigenvalue weighted by molar-refractivity contribution is 1.16. The fourth-order valence-corrected chi connectivity index (χ4v) is 9.10. The first-order chi connectivity index (χ1) is 29.7. The van der Waals surface area contributed by atoms with Gasteiger partial charge in [-0.25, -0.2) is 9.97 Å². The number of rotatable bonds is 6. The normalized spacial score (nSPS) is 11.7. The third kappa shape index (κ3) is 5.53. The van der Waals surface area contributed by atoms with E-state index in [0.29, 0.717) is 5.82 Å². The van der Waals surface area contributed by atoms with Crippen molar-refractivity contribution in [3.8, 4) is 56.4 Å². The molecule has 3 aromatic heterocycles. The molecule has 0 amide bonds. The van der Waals surface area contributed by atoms with E-state index >= 15 is 0 Å². The Hall–Kier alpha value is -8.08. The molecule has 0 atom stereocenters. The lowest BCUT2D eigenvalue weighted by Gasteiger charge is -2.12. The molecule has 0 radical (unpaired) electrons. The summed E-state index contributed by atoms with van der Waals surface area (Å²) in [6, 6.07) is 77.9. The van der Waals surface area contributed by atoms with Crippen LogP contribution in [-0.2, 0) is 0 Å². The molecule has 0 aliphatic carbocycles. The molecule has 0 aliphatic rings. The van der Waals surface area contributed by atoms with E-state index in [0.717, 1.165) is 45.0 Å². The monoisotopic (exact) mass is 764 g/mol. The van der Waals surface area contributed by atoms with E-state index in [1.54, 1.807) is 0 Å². The van der Waals surface area contributed by atoms with E-state index < -0.39 is 0 Å². The molecular formula is C56H36N4. The molecule has 0 aliphatic heterocycles. The number of hydrogen-bond acceptors (Lipinski definition) is 2. The molecular weight excluding hydrogens is 729 g/mol. The molecule has 12 rings (SSSR count). The highest BCUT2D eigenvalue weighted by Gasteiger charge is 2.19. The summed E-state index contributed by atoms with van der Waals surface area (Å²) in [5.74, 6) is 0.695. The van der Waals surface area contributed by atoms with Gasteiger partial charge in [0.2, 0.25) is 0 Å². The van der Waals surface area contributed by atoms with Crippen LogP contribution in [0, 0.1) is 0 Å². The van der Waals surface area contributed by atoms with Gasteiger partial charge in [0.1, 0.15) is 0 Å². The maximum atomic E-state index is 5.22. The summed E-state index contributed by atoms with van der Waals surface area (Å²) in [6.45, 7) is 0. The highest BCUT2D eigenvalue weighted by atomic mass is 15.0. The minimum Gasteiger partial charge on any atom is -0.309 e. The van der Waals surface area contributed by atoms with Gasteiger partial charge in [0.25, 0.3) is 0 Å². The molecule has 0 N–H and O–H groups in total. The van der Waals surface area contributed by atoms with E-state index in [9.17, 15) is 0 Å². The number of nitrogens with zero attached hydrogens (tertiary/aromatic N) is 4. The van der Waals surface area contributed by atoms with Crippen molar-refractivity contribution in [2.75, 3.05) is 0 Å². The van der Waals surface area contributed by atoms with Gasteiger partial charge in [-0.3, -0.25) is 0 Å². The molecule has 4 heteroatoms. The second-order valence-corrected chi connectivity index (χ2v) is 15.4. The molecule has 3 heterocycles. The van der Waals surface area contributed by atoms with E-state index in [4.69, 9.17) is 9.97 Å². The van der Waals surface area contributed by atoms with Gasteiger partial charge in [-0.05, 0) is 76.5 Å². The quantitative estimate of drug-likeness (QED) is 0.169. The molecule has 280 valence electrons. The van der Waals surface area contributed by atoms with Crippen LogP contribution in [0.2, 0.25) is 0 Å². The summed E-state index contributed by atoms with van der Waals surface area (Å²) in [4.78, 5) is 10.3. The van der Waals surface area contributed by atoms with Gasteiger partial charge in [0, 0.05) is 49.6 Å². The van der Waals surface area contributed by atoms with Gasteiger partial charge in [-0.2, -0.15) is 0 Å². The zero-order chi connectivity index (χ0) is 39.6. The van der Waals surface area contributed by atoms with Gasteiger partial charge in [-0.15, -0.1) is 0 Å². The second-order valence-electron chi connectivity index (χ2n) is 15.4. The van der Waals surface area contributed by atoms with Crippen LogP contribution in [0.5, 0.6) is 0 Å². The zero-order valence-corrected chi connectivity index (χ0v) is 32.6. The summed E-state index contributed by atoms with van der Waals surface area (Å²) in [6.07, 6.45) is 0. The number of para-hydroxylation sites is 3. The van der Waals surface area contributed by atoms with Gasteiger partial charge in [0.05, 0.1) is 33.5 Å². The molecule has 12 aromatic rings. The van der Waals surface area contributed by atoms with Crippen molar-refractivity contribution in [1.82, 2.24) is 19.1 Å². The summed E-state index contributed by atoms with van der Waals surface area (Å²) in [7, 11) is 0. The summed E-state index contributed by atoms with van der Waals surface area (Å²) < 4.78 is 4.79. The Balaban J connectivity index is 0.985.